The predicted molar refractivity (Wildman–Crippen MR) is 63.9 cm³/mol. The molecule has 1 unspecified atom stereocenters. The van der Waals surface area contributed by atoms with Crippen LogP contribution in [0.2, 0.25) is 0 Å². The second-order valence-corrected chi connectivity index (χ2v) is 4.41. The van der Waals surface area contributed by atoms with Crippen LogP contribution in [0.1, 0.15) is 15.9 Å². The van der Waals surface area contributed by atoms with Gasteiger partial charge in [0.1, 0.15) is 5.82 Å². The molecule has 1 atom stereocenters. The van der Waals surface area contributed by atoms with E-state index >= 15 is 0 Å². The molecule has 4 nitrogen and oxygen atoms in total. The van der Waals surface area contributed by atoms with Crippen molar-refractivity contribution in [1.82, 2.24) is 4.90 Å². The molecule has 0 radical (unpaired) electrons. The van der Waals surface area contributed by atoms with Gasteiger partial charge in [-0.2, -0.15) is 0 Å². The Balaban J connectivity index is 2.15. The quantitative estimate of drug-likeness (QED) is 0.854. The average Bonchev–Trinajstić information content (AvgIpc) is 2.38. The minimum absolute atomic E-state index is 0.0687. The largest absolute Gasteiger partial charge is 0.394 e. The van der Waals surface area contributed by atoms with Crippen molar-refractivity contribution in [2.45, 2.75) is 13.0 Å². The number of amides is 1. The number of benzene rings is 1. The molecular weight excluding hydrogens is 237 g/mol. The maximum Gasteiger partial charge on any atom is 0.256 e. The van der Waals surface area contributed by atoms with Gasteiger partial charge in [-0.1, -0.05) is 6.07 Å². The Morgan fingerprint density at radius 1 is 1.61 bits per heavy atom. The maximum absolute atomic E-state index is 13.7. The van der Waals surface area contributed by atoms with Gasteiger partial charge in [-0.15, -0.1) is 0 Å². The number of halogens is 1. The fourth-order valence-corrected chi connectivity index (χ4v) is 1.98. The number of aryl methyl sites for hydroxylation is 1. The molecule has 1 aliphatic heterocycles. The highest BCUT2D eigenvalue weighted by Crippen LogP contribution is 2.15. The van der Waals surface area contributed by atoms with Gasteiger partial charge in [-0.3, -0.25) is 4.79 Å². The summed E-state index contributed by atoms with van der Waals surface area (Å²) in [6.45, 7) is 2.71. The minimum Gasteiger partial charge on any atom is -0.394 e. The summed E-state index contributed by atoms with van der Waals surface area (Å²) in [4.78, 5) is 13.7. The molecule has 2 rings (SSSR count). The van der Waals surface area contributed by atoms with Crippen molar-refractivity contribution >= 4 is 5.91 Å². The first-order valence-electron chi connectivity index (χ1n) is 5.89. The van der Waals surface area contributed by atoms with E-state index in [1.807, 2.05) is 0 Å². The summed E-state index contributed by atoms with van der Waals surface area (Å²) in [6.07, 6.45) is -0.379. The highest BCUT2D eigenvalue weighted by Gasteiger charge is 2.26. The van der Waals surface area contributed by atoms with Crippen LogP contribution >= 0.6 is 0 Å². The third-order valence-corrected chi connectivity index (χ3v) is 2.98. The van der Waals surface area contributed by atoms with E-state index in [4.69, 9.17) is 9.84 Å². The molecule has 0 aliphatic carbocycles. The molecule has 1 aromatic rings. The number of rotatable bonds is 2. The van der Waals surface area contributed by atoms with Gasteiger partial charge in [0.2, 0.25) is 0 Å². The molecule has 1 aliphatic rings. The Kier molecular flexibility index (Phi) is 3.93. The van der Waals surface area contributed by atoms with Crippen molar-refractivity contribution in [2.75, 3.05) is 26.3 Å². The first-order valence-corrected chi connectivity index (χ1v) is 5.89. The first kappa shape index (κ1) is 13.0. The smallest absolute Gasteiger partial charge is 0.256 e. The summed E-state index contributed by atoms with van der Waals surface area (Å²) in [5, 5.41) is 9.02. The topological polar surface area (TPSA) is 49.8 Å². The second-order valence-electron chi connectivity index (χ2n) is 4.41. The van der Waals surface area contributed by atoms with Crippen LogP contribution < -0.4 is 0 Å². The molecule has 18 heavy (non-hydrogen) atoms. The molecule has 1 fully saturated rings. The summed E-state index contributed by atoms with van der Waals surface area (Å²) < 4.78 is 19.0. The number of nitrogens with zero attached hydrogens (tertiary/aromatic N) is 1. The van der Waals surface area contributed by atoms with Crippen LogP contribution in [0.15, 0.2) is 18.2 Å². The van der Waals surface area contributed by atoms with Gasteiger partial charge in [0.15, 0.2) is 0 Å². The third-order valence-electron chi connectivity index (χ3n) is 2.98. The Morgan fingerprint density at radius 2 is 2.39 bits per heavy atom. The van der Waals surface area contributed by atoms with Gasteiger partial charge < -0.3 is 14.7 Å². The molecule has 0 saturated carbocycles. The lowest BCUT2D eigenvalue weighted by molar-refractivity contribution is -0.0448. The molecule has 0 bridgehead atoms. The van der Waals surface area contributed by atoms with Crippen molar-refractivity contribution in [3.8, 4) is 0 Å². The van der Waals surface area contributed by atoms with E-state index in [0.717, 1.165) is 5.56 Å². The van der Waals surface area contributed by atoms with Crippen molar-refractivity contribution in [3.63, 3.8) is 0 Å². The number of aliphatic hydroxyl groups is 1. The van der Waals surface area contributed by atoms with Gasteiger partial charge in [0.05, 0.1) is 24.9 Å². The van der Waals surface area contributed by atoms with Crippen molar-refractivity contribution in [2.24, 2.45) is 0 Å². The van der Waals surface area contributed by atoms with E-state index in [1.54, 1.807) is 13.0 Å². The van der Waals surface area contributed by atoms with Crippen LogP contribution in [-0.4, -0.2) is 48.3 Å². The second kappa shape index (κ2) is 5.46. The fraction of sp³-hybridized carbons (Fsp3) is 0.462. The summed E-state index contributed by atoms with van der Waals surface area (Å²) in [7, 11) is 0. The molecule has 1 aromatic carbocycles. The zero-order valence-electron chi connectivity index (χ0n) is 10.2. The molecule has 1 saturated heterocycles. The molecule has 1 heterocycles. The van der Waals surface area contributed by atoms with Crippen LogP contribution in [0.25, 0.3) is 0 Å². The summed E-state index contributed by atoms with van der Waals surface area (Å²) in [6, 6.07) is 4.55. The van der Waals surface area contributed by atoms with E-state index in [-0.39, 0.29) is 24.2 Å². The SMILES string of the molecule is Cc1ccc(C(=O)N2CCOC(CO)C2)c(F)c1. The van der Waals surface area contributed by atoms with E-state index in [0.29, 0.717) is 19.7 Å². The highest BCUT2D eigenvalue weighted by molar-refractivity contribution is 5.94. The lowest BCUT2D eigenvalue weighted by Gasteiger charge is -2.32. The van der Waals surface area contributed by atoms with Gasteiger partial charge in [-0.05, 0) is 24.6 Å². The van der Waals surface area contributed by atoms with Crippen LogP contribution in [0.3, 0.4) is 0 Å². The standard InChI is InChI=1S/C13H16FNO3/c1-9-2-3-11(12(14)6-9)13(17)15-4-5-18-10(7-15)8-16/h2-3,6,10,16H,4-5,7-8H2,1H3. The van der Waals surface area contributed by atoms with Crippen molar-refractivity contribution in [3.05, 3.63) is 35.1 Å². The number of hydrogen-bond acceptors (Lipinski definition) is 3. The summed E-state index contributed by atoms with van der Waals surface area (Å²) >= 11 is 0. The number of hydrogen-bond donors (Lipinski definition) is 1. The number of morpholine rings is 1. The zero-order valence-corrected chi connectivity index (χ0v) is 10.2. The zero-order chi connectivity index (χ0) is 13.1. The molecule has 0 spiro atoms. The van der Waals surface area contributed by atoms with E-state index < -0.39 is 5.82 Å². The minimum atomic E-state index is -0.507. The Labute approximate surface area is 105 Å². The Hall–Kier alpha value is -1.46. The van der Waals surface area contributed by atoms with Crippen LogP contribution in [0.5, 0.6) is 0 Å². The highest BCUT2D eigenvalue weighted by atomic mass is 19.1. The van der Waals surface area contributed by atoms with Gasteiger partial charge in [0.25, 0.3) is 5.91 Å². The number of aliphatic hydroxyl groups excluding tert-OH is 1. The Bertz CT molecular complexity index is 450. The van der Waals surface area contributed by atoms with Crippen LogP contribution in [0.4, 0.5) is 4.39 Å². The molecule has 1 N–H and O–H groups in total. The van der Waals surface area contributed by atoms with Crippen LogP contribution in [0, 0.1) is 12.7 Å². The molecule has 98 valence electrons. The van der Waals surface area contributed by atoms with Crippen LogP contribution in [-0.2, 0) is 4.74 Å². The van der Waals surface area contributed by atoms with Crippen molar-refractivity contribution in [1.29, 1.82) is 0 Å². The normalized spacial score (nSPS) is 19.9. The Morgan fingerprint density at radius 3 is 3.06 bits per heavy atom. The molecule has 5 heteroatoms. The molecule has 1 amide bonds. The first-order chi connectivity index (χ1) is 8.61. The van der Waals surface area contributed by atoms with Gasteiger partial charge in [0, 0.05) is 13.1 Å². The fourth-order valence-electron chi connectivity index (χ4n) is 1.98. The third kappa shape index (κ3) is 2.68. The molecule has 0 aromatic heterocycles. The molecular formula is C13H16FNO3. The van der Waals surface area contributed by atoms with Gasteiger partial charge in [-0.25, -0.2) is 4.39 Å². The number of carbonyl (C=O) groups excluding carboxylic acids is 1. The predicted octanol–water partition coefficient (Wildman–Crippen LogP) is 0.967. The van der Waals surface area contributed by atoms with Gasteiger partial charge >= 0.3 is 0 Å². The lowest BCUT2D eigenvalue weighted by atomic mass is 10.1. The average molecular weight is 253 g/mol. The lowest BCUT2D eigenvalue weighted by Crippen LogP contribution is -2.47. The maximum atomic E-state index is 13.7. The summed E-state index contributed by atoms with van der Waals surface area (Å²) in [5.74, 6) is -0.860. The number of carbonyl (C=O) groups is 1. The van der Waals surface area contributed by atoms with Crippen molar-refractivity contribution < 1.29 is 19.0 Å². The monoisotopic (exact) mass is 253 g/mol. The van der Waals surface area contributed by atoms with E-state index in [1.165, 1.54) is 17.0 Å². The summed E-state index contributed by atoms with van der Waals surface area (Å²) in [5.41, 5.74) is 0.846. The number of ether oxygens (including phenoxy) is 1. The van der Waals surface area contributed by atoms with E-state index in [2.05, 4.69) is 0 Å². The van der Waals surface area contributed by atoms with E-state index in [9.17, 15) is 9.18 Å².